The number of hydrogen-bond acceptors (Lipinski definition) is 2. The number of hydrogen-bond donors (Lipinski definition) is 0. The van der Waals surface area contributed by atoms with Crippen LogP contribution in [0.4, 0.5) is 0 Å². The standard InChI is InChI=1S/C30H26O2P2/c1-30(2,3)34(32)26-19-11-8-16-23(26)28-22-15-7-10-18-25(22)33(31,21-13-5-4-6-14-21)29(28)24-17-9-12-20-27(24)34/h4-20H,1-3H3. The third-order valence-electron chi connectivity index (χ3n) is 7.14. The Morgan fingerprint density at radius 3 is 1.56 bits per heavy atom. The highest BCUT2D eigenvalue weighted by atomic mass is 31.2. The molecule has 4 aromatic rings. The molecule has 168 valence electrons. The molecule has 0 fully saturated rings. The third-order valence-corrected chi connectivity index (χ3v) is 14.4. The first kappa shape index (κ1) is 21.6. The average molecular weight is 480 g/mol. The molecule has 2 atom stereocenters. The highest BCUT2D eigenvalue weighted by Crippen LogP contribution is 2.69. The summed E-state index contributed by atoms with van der Waals surface area (Å²) >= 11 is 0. The minimum Gasteiger partial charge on any atom is -0.313 e. The molecular weight excluding hydrogens is 454 g/mol. The molecule has 0 radical (unpaired) electrons. The predicted octanol–water partition coefficient (Wildman–Crippen LogP) is 6.36. The number of benzene rings is 4. The summed E-state index contributed by atoms with van der Waals surface area (Å²) in [6, 6.07) is 33.9. The van der Waals surface area contributed by atoms with Gasteiger partial charge in [0.15, 0.2) is 7.14 Å². The van der Waals surface area contributed by atoms with Crippen molar-refractivity contribution in [3.63, 3.8) is 0 Å². The normalized spacial score (nSPS) is 22.9. The van der Waals surface area contributed by atoms with Crippen LogP contribution in [-0.2, 0) is 9.13 Å². The maximum absolute atomic E-state index is 15.4. The zero-order valence-corrected chi connectivity index (χ0v) is 21.3. The molecule has 2 unspecified atom stereocenters. The highest BCUT2D eigenvalue weighted by Gasteiger charge is 2.51. The van der Waals surface area contributed by atoms with Crippen LogP contribution in [0, 0.1) is 0 Å². The van der Waals surface area contributed by atoms with Gasteiger partial charge in [-0.3, -0.25) is 0 Å². The second kappa shape index (κ2) is 7.29. The van der Waals surface area contributed by atoms with Gasteiger partial charge in [0.2, 0.25) is 0 Å². The quantitative estimate of drug-likeness (QED) is 0.297. The van der Waals surface area contributed by atoms with Crippen molar-refractivity contribution in [2.24, 2.45) is 0 Å². The van der Waals surface area contributed by atoms with Crippen LogP contribution in [0.25, 0.3) is 10.9 Å². The van der Waals surface area contributed by atoms with Crippen LogP contribution in [0.15, 0.2) is 103 Å². The van der Waals surface area contributed by atoms with E-state index in [1.165, 1.54) is 0 Å². The van der Waals surface area contributed by atoms with Gasteiger partial charge in [-0.1, -0.05) is 124 Å². The largest absolute Gasteiger partial charge is 0.313 e. The Hall–Kier alpha value is -2.92. The van der Waals surface area contributed by atoms with Gasteiger partial charge in [-0.15, -0.1) is 0 Å². The zero-order chi connectivity index (χ0) is 23.7. The lowest BCUT2D eigenvalue weighted by atomic mass is 9.96. The van der Waals surface area contributed by atoms with E-state index in [0.717, 1.165) is 48.8 Å². The summed E-state index contributed by atoms with van der Waals surface area (Å²) in [5, 5.41) is 3.66. The summed E-state index contributed by atoms with van der Waals surface area (Å²) in [6.45, 7) is 6.17. The maximum Gasteiger partial charge on any atom is 0.172 e. The lowest BCUT2D eigenvalue weighted by molar-refractivity contribution is 0.564. The molecule has 6 rings (SSSR count). The molecule has 0 saturated heterocycles. The van der Waals surface area contributed by atoms with Crippen molar-refractivity contribution in [2.45, 2.75) is 25.9 Å². The monoisotopic (exact) mass is 480 g/mol. The fourth-order valence-corrected chi connectivity index (χ4v) is 12.3. The van der Waals surface area contributed by atoms with Crippen molar-refractivity contribution >= 4 is 46.4 Å². The van der Waals surface area contributed by atoms with E-state index >= 15 is 9.13 Å². The first-order valence-corrected chi connectivity index (χ1v) is 15.0. The van der Waals surface area contributed by atoms with Gasteiger partial charge in [-0.25, -0.2) is 0 Å². The number of rotatable bonds is 1. The summed E-state index contributed by atoms with van der Waals surface area (Å²) in [5.74, 6) is 0. The molecule has 0 amide bonds. The second-order valence-corrected chi connectivity index (χ2v) is 16.2. The molecule has 0 N–H and O–H groups in total. The van der Waals surface area contributed by atoms with Gasteiger partial charge in [-0.05, 0) is 16.7 Å². The van der Waals surface area contributed by atoms with Crippen molar-refractivity contribution in [3.8, 4) is 0 Å². The molecule has 0 bridgehead atoms. The molecule has 0 spiro atoms. The van der Waals surface area contributed by atoms with Gasteiger partial charge in [-0.2, -0.15) is 0 Å². The fraction of sp³-hybridized carbons (Fsp3) is 0.133. The molecule has 2 aliphatic heterocycles. The molecule has 2 aliphatic rings. The summed E-state index contributed by atoms with van der Waals surface area (Å²) in [4.78, 5) is 0. The molecule has 2 nitrogen and oxygen atoms in total. The molecule has 0 aliphatic carbocycles. The van der Waals surface area contributed by atoms with E-state index in [0.29, 0.717) is 0 Å². The van der Waals surface area contributed by atoms with Crippen LogP contribution in [0.5, 0.6) is 0 Å². The topological polar surface area (TPSA) is 34.1 Å². The summed E-state index contributed by atoms with van der Waals surface area (Å²) < 4.78 is 30.7. The Kier molecular flexibility index (Phi) is 4.63. The van der Waals surface area contributed by atoms with Crippen molar-refractivity contribution in [1.29, 1.82) is 0 Å². The van der Waals surface area contributed by atoms with Gasteiger partial charge >= 0.3 is 0 Å². The van der Waals surface area contributed by atoms with Gasteiger partial charge in [0.05, 0.1) is 0 Å². The lowest BCUT2D eigenvalue weighted by Crippen LogP contribution is -2.33. The van der Waals surface area contributed by atoms with Crippen LogP contribution in [0.1, 0.15) is 37.5 Å². The molecule has 34 heavy (non-hydrogen) atoms. The maximum atomic E-state index is 15.4. The van der Waals surface area contributed by atoms with Crippen LogP contribution in [0.2, 0.25) is 0 Å². The van der Waals surface area contributed by atoms with Gasteiger partial charge in [0.25, 0.3) is 0 Å². The Balaban J connectivity index is 1.87. The van der Waals surface area contributed by atoms with E-state index in [9.17, 15) is 0 Å². The van der Waals surface area contributed by atoms with Crippen LogP contribution in [-0.4, -0.2) is 5.16 Å². The van der Waals surface area contributed by atoms with E-state index in [1.807, 2.05) is 91.0 Å². The predicted molar refractivity (Wildman–Crippen MR) is 145 cm³/mol. The fourth-order valence-electron chi connectivity index (χ4n) is 5.61. The third kappa shape index (κ3) is 2.65. The zero-order valence-electron chi connectivity index (χ0n) is 19.5. The van der Waals surface area contributed by atoms with E-state index in [1.54, 1.807) is 0 Å². The molecular formula is C30H26O2P2. The van der Waals surface area contributed by atoms with Gasteiger partial charge in [0, 0.05) is 37.3 Å². The Morgan fingerprint density at radius 1 is 0.529 bits per heavy atom. The van der Waals surface area contributed by atoms with Crippen molar-refractivity contribution < 1.29 is 9.13 Å². The number of fused-ring (bicyclic) bond motifs is 6. The molecule has 0 aromatic heterocycles. The first-order chi connectivity index (χ1) is 16.3. The highest BCUT2D eigenvalue weighted by molar-refractivity contribution is 7.89. The van der Waals surface area contributed by atoms with Crippen molar-refractivity contribution in [3.05, 3.63) is 120 Å². The molecule has 0 saturated carbocycles. The average Bonchev–Trinajstić information content (AvgIpc) is 3.07. The molecule has 4 heteroatoms. The Labute approximate surface area is 201 Å². The second-order valence-electron chi connectivity index (χ2n) is 10.00. The van der Waals surface area contributed by atoms with Crippen molar-refractivity contribution in [1.82, 2.24) is 0 Å². The summed E-state index contributed by atoms with van der Waals surface area (Å²) in [7, 11) is -6.31. The SMILES string of the molecule is CC(C)(C)P1(=O)c2ccccc2C2=C(c3ccccc31)P(=O)(c1ccccc1)c1ccccc12. The summed E-state index contributed by atoms with van der Waals surface area (Å²) in [5.41, 5.74) is 3.74. The van der Waals surface area contributed by atoms with Crippen LogP contribution >= 0.6 is 14.3 Å². The van der Waals surface area contributed by atoms with Gasteiger partial charge < -0.3 is 9.13 Å². The van der Waals surface area contributed by atoms with Crippen LogP contribution in [0.3, 0.4) is 0 Å². The lowest BCUT2D eigenvalue weighted by Gasteiger charge is -2.34. The van der Waals surface area contributed by atoms with Crippen molar-refractivity contribution in [2.75, 3.05) is 0 Å². The van der Waals surface area contributed by atoms with E-state index < -0.39 is 19.4 Å². The van der Waals surface area contributed by atoms with E-state index in [4.69, 9.17) is 0 Å². The Morgan fingerprint density at radius 2 is 0.971 bits per heavy atom. The molecule has 4 aromatic carbocycles. The van der Waals surface area contributed by atoms with Crippen LogP contribution < -0.4 is 21.2 Å². The van der Waals surface area contributed by atoms with Gasteiger partial charge in [0.1, 0.15) is 7.14 Å². The smallest absolute Gasteiger partial charge is 0.172 e. The summed E-state index contributed by atoms with van der Waals surface area (Å²) in [6.07, 6.45) is 0. The van der Waals surface area contributed by atoms with E-state index in [-0.39, 0.29) is 0 Å². The minimum absolute atomic E-state index is 0.505. The van der Waals surface area contributed by atoms with E-state index in [2.05, 4.69) is 32.9 Å². The Bertz CT molecular complexity index is 1590. The first-order valence-electron chi connectivity index (χ1n) is 11.6. The minimum atomic E-state index is -3.21. The molecule has 2 heterocycles.